The van der Waals surface area contributed by atoms with Crippen LogP contribution >= 0.6 is 0 Å². The third-order valence-electron chi connectivity index (χ3n) is 2.78. The highest BCUT2D eigenvalue weighted by atomic mass is 16.4. The number of carboxylic acids is 1. The van der Waals surface area contributed by atoms with Crippen molar-refractivity contribution in [3.8, 4) is 0 Å². The smallest absolute Gasteiger partial charge is 0.303 e. The summed E-state index contributed by atoms with van der Waals surface area (Å²) in [5.41, 5.74) is 5.48. The predicted molar refractivity (Wildman–Crippen MR) is 60.7 cm³/mol. The molecule has 1 aliphatic heterocycles. The first-order chi connectivity index (χ1) is 8.06. The summed E-state index contributed by atoms with van der Waals surface area (Å²) in [4.78, 5) is 27.4. The zero-order valence-electron chi connectivity index (χ0n) is 9.17. The molecule has 1 amide bonds. The Morgan fingerprint density at radius 1 is 1.47 bits per heavy atom. The summed E-state index contributed by atoms with van der Waals surface area (Å²) < 4.78 is 0. The fraction of sp³-hybridized carbons (Fsp3) is 0.364. The molecule has 1 aromatic rings. The molecule has 6 heteroatoms. The first kappa shape index (κ1) is 11.4. The van der Waals surface area contributed by atoms with Gasteiger partial charge in [-0.05, 0) is 12.1 Å². The van der Waals surface area contributed by atoms with E-state index in [0.717, 1.165) is 5.82 Å². The van der Waals surface area contributed by atoms with Crippen molar-refractivity contribution in [1.29, 1.82) is 0 Å². The minimum atomic E-state index is -0.772. The van der Waals surface area contributed by atoms with E-state index in [-0.39, 0.29) is 12.3 Å². The molecule has 1 saturated heterocycles. The first-order valence-electron chi connectivity index (χ1n) is 5.29. The van der Waals surface area contributed by atoms with Crippen molar-refractivity contribution in [1.82, 2.24) is 4.98 Å². The molecule has 2 rings (SSSR count). The molecule has 0 aliphatic carbocycles. The van der Waals surface area contributed by atoms with Crippen LogP contribution in [-0.4, -0.2) is 35.1 Å². The van der Waals surface area contributed by atoms with Crippen LogP contribution in [0.2, 0.25) is 0 Å². The maximum absolute atomic E-state index is 10.8. The fourth-order valence-electron chi connectivity index (χ4n) is 1.85. The van der Waals surface area contributed by atoms with E-state index in [4.69, 9.17) is 10.8 Å². The number of carbonyl (C=O) groups excluding carboxylic acids is 1. The van der Waals surface area contributed by atoms with Crippen molar-refractivity contribution in [2.24, 2.45) is 11.7 Å². The number of pyridine rings is 1. The van der Waals surface area contributed by atoms with Gasteiger partial charge in [0.05, 0.1) is 12.0 Å². The normalized spacial score (nSPS) is 15.4. The minimum absolute atomic E-state index is 0.185. The molecule has 90 valence electrons. The molecule has 0 saturated carbocycles. The molecular weight excluding hydrogens is 222 g/mol. The highest BCUT2D eigenvalue weighted by Gasteiger charge is 2.29. The number of anilines is 1. The third-order valence-corrected chi connectivity index (χ3v) is 2.78. The topological polar surface area (TPSA) is 96.5 Å². The van der Waals surface area contributed by atoms with Crippen molar-refractivity contribution in [2.45, 2.75) is 6.42 Å². The number of aliphatic carboxylic acids is 1. The molecule has 0 unspecified atom stereocenters. The third kappa shape index (κ3) is 2.52. The number of aromatic nitrogens is 1. The number of carboxylic acid groups (broad SMARTS) is 1. The summed E-state index contributed by atoms with van der Waals surface area (Å²) in [6.07, 6.45) is 1.62. The van der Waals surface area contributed by atoms with Crippen LogP contribution < -0.4 is 10.6 Å². The Hall–Kier alpha value is -2.11. The number of nitrogens with zero attached hydrogens (tertiary/aromatic N) is 2. The molecule has 0 aromatic carbocycles. The van der Waals surface area contributed by atoms with E-state index in [2.05, 4.69) is 4.98 Å². The molecule has 1 aromatic heterocycles. The van der Waals surface area contributed by atoms with Gasteiger partial charge in [0.2, 0.25) is 5.91 Å². The highest BCUT2D eigenvalue weighted by Crippen LogP contribution is 2.24. The van der Waals surface area contributed by atoms with Gasteiger partial charge in [-0.25, -0.2) is 4.98 Å². The van der Waals surface area contributed by atoms with Crippen LogP contribution in [0.15, 0.2) is 18.3 Å². The average Bonchev–Trinajstić information content (AvgIpc) is 2.23. The van der Waals surface area contributed by atoms with E-state index in [0.29, 0.717) is 18.7 Å². The lowest BCUT2D eigenvalue weighted by Gasteiger charge is -2.39. The first-order valence-corrected chi connectivity index (χ1v) is 5.29. The van der Waals surface area contributed by atoms with Gasteiger partial charge in [0.15, 0.2) is 0 Å². The van der Waals surface area contributed by atoms with Gasteiger partial charge in [-0.2, -0.15) is 0 Å². The SMILES string of the molecule is NC(=O)c1ccc(N2CC(CC(=O)O)C2)nc1. The molecule has 0 atom stereocenters. The Kier molecular flexibility index (Phi) is 2.95. The Morgan fingerprint density at radius 3 is 2.65 bits per heavy atom. The summed E-state index contributed by atoms with van der Waals surface area (Å²) >= 11 is 0. The van der Waals surface area contributed by atoms with Crippen LogP contribution in [0, 0.1) is 5.92 Å². The number of hydrogen-bond acceptors (Lipinski definition) is 4. The quantitative estimate of drug-likeness (QED) is 0.771. The Labute approximate surface area is 98.1 Å². The molecule has 17 heavy (non-hydrogen) atoms. The summed E-state index contributed by atoms with van der Waals surface area (Å²) in [6.45, 7) is 1.38. The second-order valence-corrected chi connectivity index (χ2v) is 4.14. The molecule has 1 fully saturated rings. The lowest BCUT2D eigenvalue weighted by atomic mass is 9.96. The summed E-state index contributed by atoms with van der Waals surface area (Å²) in [6, 6.07) is 3.34. The second kappa shape index (κ2) is 4.40. The van der Waals surface area contributed by atoms with E-state index in [1.807, 2.05) is 4.90 Å². The number of nitrogens with two attached hydrogens (primary N) is 1. The fourth-order valence-corrected chi connectivity index (χ4v) is 1.85. The molecule has 2 heterocycles. The highest BCUT2D eigenvalue weighted by molar-refractivity contribution is 5.92. The zero-order chi connectivity index (χ0) is 12.4. The van der Waals surface area contributed by atoms with Crippen LogP contribution in [0.4, 0.5) is 5.82 Å². The van der Waals surface area contributed by atoms with E-state index >= 15 is 0 Å². The van der Waals surface area contributed by atoms with Crippen LogP contribution in [0.5, 0.6) is 0 Å². The largest absolute Gasteiger partial charge is 0.481 e. The Bertz CT molecular complexity index is 438. The van der Waals surface area contributed by atoms with Crippen molar-refractivity contribution >= 4 is 17.7 Å². The lowest BCUT2D eigenvalue weighted by Crippen LogP contribution is -2.48. The number of hydrogen-bond donors (Lipinski definition) is 2. The molecule has 0 radical (unpaired) electrons. The number of carbonyl (C=O) groups is 2. The predicted octanol–water partition coefficient (Wildman–Crippen LogP) is 0.0914. The summed E-state index contributed by atoms with van der Waals surface area (Å²) in [5, 5.41) is 8.62. The Balaban J connectivity index is 1.93. The summed E-state index contributed by atoms with van der Waals surface area (Å²) in [7, 11) is 0. The Morgan fingerprint density at radius 2 is 2.18 bits per heavy atom. The molecule has 0 spiro atoms. The van der Waals surface area contributed by atoms with Gasteiger partial charge in [0.1, 0.15) is 5.82 Å². The van der Waals surface area contributed by atoms with E-state index < -0.39 is 11.9 Å². The van der Waals surface area contributed by atoms with Gasteiger partial charge in [0, 0.05) is 25.2 Å². The van der Waals surface area contributed by atoms with Crippen molar-refractivity contribution < 1.29 is 14.7 Å². The number of primary amides is 1. The van der Waals surface area contributed by atoms with E-state index in [9.17, 15) is 9.59 Å². The second-order valence-electron chi connectivity index (χ2n) is 4.14. The maximum Gasteiger partial charge on any atom is 0.303 e. The van der Waals surface area contributed by atoms with Crippen LogP contribution in [0.1, 0.15) is 16.8 Å². The van der Waals surface area contributed by atoms with Crippen LogP contribution in [-0.2, 0) is 4.79 Å². The van der Waals surface area contributed by atoms with Crippen molar-refractivity contribution in [2.75, 3.05) is 18.0 Å². The lowest BCUT2D eigenvalue weighted by molar-refractivity contribution is -0.138. The van der Waals surface area contributed by atoms with Gasteiger partial charge < -0.3 is 15.7 Å². The monoisotopic (exact) mass is 235 g/mol. The average molecular weight is 235 g/mol. The molecule has 1 aliphatic rings. The standard InChI is InChI=1S/C11H13N3O3/c12-11(17)8-1-2-9(13-4-8)14-5-7(6-14)3-10(15)16/h1-2,4,7H,3,5-6H2,(H2,12,17)(H,15,16). The molecule has 3 N–H and O–H groups in total. The van der Waals surface area contributed by atoms with Crippen molar-refractivity contribution in [3.05, 3.63) is 23.9 Å². The minimum Gasteiger partial charge on any atom is -0.481 e. The zero-order valence-corrected chi connectivity index (χ0v) is 9.17. The molecule has 6 nitrogen and oxygen atoms in total. The molecule has 0 bridgehead atoms. The number of amides is 1. The van der Waals surface area contributed by atoms with Gasteiger partial charge in [-0.1, -0.05) is 0 Å². The van der Waals surface area contributed by atoms with E-state index in [1.54, 1.807) is 12.1 Å². The molecular formula is C11H13N3O3. The van der Waals surface area contributed by atoms with Gasteiger partial charge >= 0.3 is 5.97 Å². The van der Waals surface area contributed by atoms with Gasteiger partial charge in [-0.3, -0.25) is 9.59 Å². The van der Waals surface area contributed by atoms with Crippen LogP contribution in [0.25, 0.3) is 0 Å². The van der Waals surface area contributed by atoms with E-state index in [1.165, 1.54) is 6.20 Å². The number of rotatable bonds is 4. The van der Waals surface area contributed by atoms with Gasteiger partial charge in [0.25, 0.3) is 0 Å². The summed E-state index contributed by atoms with van der Waals surface area (Å²) in [5.74, 6) is -0.343. The van der Waals surface area contributed by atoms with Gasteiger partial charge in [-0.15, -0.1) is 0 Å². The van der Waals surface area contributed by atoms with Crippen LogP contribution in [0.3, 0.4) is 0 Å². The van der Waals surface area contributed by atoms with Crippen molar-refractivity contribution in [3.63, 3.8) is 0 Å². The maximum atomic E-state index is 10.8.